The molecule has 1 saturated heterocycles. The van der Waals surface area contributed by atoms with Crippen molar-refractivity contribution >= 4 is 29.4 Å². The zero-order chi connectivity index (χ0) is 20.0. The Morgan fingerprint density at radius 1 is 1.11 bits per heavy atom. The molecule has 1 aromatic carbocycles. The molecule has 1 atom stereocenters. The first-order valence-corrected chi connectivity index (χ1v) is 8.80. The van der Waals surface area contributed by atoms with Crippen LogP contribution in [0.3, 0.4) is 0 Å². The Bertz CT molecular complexity index is 711. The summed E-state index contributed by atoms with van der Waals surface area (Å²) in [6, 6.07) is 4.17. The van der Waals surface area contributed by atoms with Crippen LogP contribution in [0.5, 0.6) is 0 Å². The third kappa shape index (κ3) is 5.06. The number of hydrogen-bond donors (Lipinski definition) is 1. The number of esters is 2. The van der Waals surface area contributed by atoms with Crippen molar-refractivity contribution in [3.63, 3.8) is 0 Å². The van der Waals surface area contributed by atoms with Gasteiger partial charge in [-0.2, -0.15) is 0 Å². The van der Waals surface area contributed by atoms with Crippen molar-refractivity contribution in [2.75, 3.05) is 32.6 Å². The number of carbonyl (C=O) groups is 4. The fourth-order valence-corrected chi connectivity index (χ4v) is 2.93. The van der Waals surface area contributed by atoms with E-state index in [2.05, 4.69) is 14.8 Å². The van der Waals surface area contributed by atoms with Crippen molar-refractivity contribution in [2.24, 2.45) is 5.92 Å². The van der Waals surface area contributed by atoms with Crippen LogP contribution in [0.25, 0.3) is 0 Å². The van der Waals surface area contributed by atoms with Gasteiger partial charge in [0.05, 0.1) is 31.3 Å². The number of hydrogen-bond acceptors (Lipinski definition) is 6. The van der Waals surface area contributed by atoms with Crippen molar-refractivity contribution < 1.29 is 28.7 Å². The lowest BCUT2D eigenvalue weighted by molar-refractivity contribution is -0.128. The van der Waals surface area contributed by atoms with Gasteiger partial charge in [0.25, 0.3) is 0 Å². The van der Waals surface area contributed by atoms with Crippen LogP contribution < -0.4 is 5.32 Å². The van der Waals surface area contributed by atoms with Crippen molar-refractivity contribution in [2.45, 2.75) is 26.2 Å². The molecule has 1 fully saturated rings. The zero-order valence-corrected chi connectivity index (χ0v) is 15.7. The number of ether oxygens (including phenoxy) is 2. The zero-order valence-electron chi connectivity index (χ0n) is 15.7. The molecule has 27 heavy (non-hydrogen) atoms. The molecular formula is C19H24N2O6. The molecule has 0 saturated carbocycles. The van der Waals surface area contributed by atoms with Gasteiger partial charge < -0.3 is 19.7 Å². The van der Waals surface area contributed by atoms with E-state index in [4.69, 9.17) is 0 Å². The number of unbranched alkanes of at least 4 members (excludes halogenated alkanes) is 1. The molecule has 146 valence electrons. The predicted octanol–water partition coefficient (Wildman–Crippen LogP) is 1.85. The van der Waals surface area contributed by atoms with E-state index in [1.54, 1.807) is 4.90 Å². The number of nitrogens with zero attached hydrogens (tertiary/aromatic N) is 1. The fourth-order valence-electron chi connectivity index (χ4n) is 2.93. The summed E-state index contributed by atoms with van der Waals surface area (Å²) in [4.78, 5) is 49.9. The molecule has 1 aliphatic heterocycles. The summed E-state index contributed by atoms with van der Waals surface area (Å²) < 4.78 is 9.35. The van der Waals surface area contributed by atoms with Crippen molar-refractivity contribution in [1.82, 2.24) is 4.90 Å². The van der Waals surface area contributed by atoms with Gasteiger partial charge in [-0.05, 0) is 24.6 Å². The Labute approximate surface area is 157 Å². The fraction of sp³-hybridized carbons (Fsp3) is 0.474. The normalized spacial score (nSPS) is 16.2. The molecule has 0 unspecified atom stereocenters. The van der Waals surface area contributed by atoms with Crippen LogP contribution in [0.4, 0.5) is 5.69 Å². The van der Waals surface area contributed by atoms with E-state index >= 15 is 0 Å². The minimum Gasteiger partial charge on any atom is -0.465 e. The van der Waals surface area contributed by atoms with E-state index in [0.717, 1.165) is 12.8 Å². The molecule has 0 spiro atoms. The lowest BCUT2D eigenvalue weighted by atomic mass is 10.1. The Morgan fingerprint density at radius 2 is 1.70 bits per heavy atom. The monoisotopic (exact) mass is 376 g/mol. The topological polar surface area (TPSA) is 102 Å². The van der Waals surface area contributed by atoms with Crippen LogP contribution in [0.15, 0.2) is 18.2 Å². The van der Waals surface area contributed by atoms with Gasteiger partial charge in [0.1, 0.15) is 0 Å². The van der Waals surface area contributed by atoms with Gasteiger partial charge in [-0.3, -0.25) is 9.59 Å². The molecule has 1 aliphatic rings. The molecule has 8 heteroatoms. The molecule has 0 aliphatic carbocycles. The highest BCUT2D eigenvalue weighted by Crippen LogP contribution is 2.22. The molecule has 0 aromatic heterocycles. The summed E-state index contributed by atoms with van der Waals surface area (Å²) in [5.74, 6) is -2.13. The van der Waals surface area contributed by atoms with E-state index in [-0.39, 0.29) is 35.0 Å². The maximum absolute atomic E-state index is 12.6. The third-order valence-corrected chi connectivity index (χ3v) is 4.41. The first kappa shape index (κ1) is 20.4. The molecular weight excluding hydrogens is 352 g/mol. The van der Waals surface area contributed by atoms with Crippen molar-refractivity contribution in [3.8, 4) is 0 Å². The Hall–Kier alpha value is -2.90. The third-order valence-electron chi connectivity index (χ3n) is 4.41. The number of rotatable bonds is 7. The number of benzene rings is 1. The summed E-state index contributed by atoms with van der Waals surface area (Å²) in [7, 11) is 2.45. The molecule has 0 radical (unpaired) electrons. The summed E-state index contributed by atoms with van der Waals surface area (Å²) in [5.41, 5.74) is 0.494. The first-order chi connectivity index (χ1) is 12.9. The van der Waals surface area contributed by atoms with Crippen molar-refractivity contribution in [3.05, 3.63) is 29.3 Å². The molecule has 0 bridgehead atoms. The maximum atomic E-state index is 12.6. The summed E-state index contributed by atoms with van der Waals surface area (Å²) in [6.45, 7) is 3.05. The molecule has 1 aromatic rings. The highest BCUT2D eigenvalue weighted by Gasteiger charge is 2.34. The second-order valence-corrected chi connectivity index (χ2v) is 6.37. The van der Waals surface area contributed by atoms with E-state index in [0.29, 0.717) is 13.1 Å². The van der Waals surface area contributed by atoms with Gasteiger partial charge >= 0.3 is 11.9 Å². The van der Waals surface area contributed by atoms with Gasteiger partial charge in [0.15, 0.2) is 0 Å². The van der Waals surface area contributed by atoms with Crippen LogP contribution in [0, 0.1) is 5.92 Å². The van der Waals surface area contributed by atoms with Gasteiger partial charge in [0.2, 0.25) is 11.8 Å². The van der Waals surface area contributed by atoms with E-state index in [1.165, 1.54) is 32.4 Å². The largest absolute Gasteiger partial charge is 0.465 e. The number of nitrogens with one attached hydrogen (secondary N) is 1. The van der Waals surface area contributed by atoms with Crippen LogP contribution in [0.1, 0.15) is 46.9 Å². The highest BCUT2D eigenvalue weighted by molar-refractivity contribution is 6.01. The lowest BCUT2D eigenvalue weighted by Crippen LogP contribution is -2.29. The second-order valence-electron chi connectivity index (χ2n) is 6.37. The second kappa shape index (κ2) is 9.16. The van der Waals surface area contributed by atoms with E-state index < -0.39 is 17.9 Å². The Balaban J connectivity index is 2.16. The van der Waals surface area contributed by atoms with Crippen molar-refractivity contribution in [1.29, 1.82) is 0 Å². The van der Waals surface area contributed by atoms with Gasteiger partial charge in [-0.15, -0.1) is 0 Å². The standard InChI is InChI=1S/C19H24N2O6/c1-4-5-6-21-11-14(10-16(21)22)17(23)20-15-8-12(18(24)26-2)7-13(9-15)19(25)27-3/h7-9,14H,4-6,10-11H2,1-3H3,(H,20,23)/t14-/m0/s1. The Kier molecular flexibility index (Phi) is 6.92. The lowest BCUT2D eigenvalue weighted by Gasteiger charge is -2.16. The summed E-state index contributed by atoms with van der Waals surface area (Å²) in [6.07, 6.45) is 2.01. The molecule has 8 nitrogen and oxygen atoms in total. The summed E-state index contributed by atoms with van der Waals surface area (Å²) in [5, 5.41) is 2.69. The van der Waals surface area contributed by atoms with Crippen LogP contribution in [0.2, 0.25) is 0 Å². The maximum Gasteiger partial charge on any atom is 0.337 e. The molecule has 1 N–H and O–H groups in total. The molecule has 1 heterocycles. The van der Waals surface area contributed by atoms with Gasteiger partial charge in [-0.1, -0.05) is 13.3 Å². The quantitative estimate of drug-likeness (QED) is 0.729. The first-order valence-electron chi connectivity index (χ1n) is 8.80. The van der Waals surface area contributed by atoms with E-state index in [9.17, 15) is 19.2 Å². The van der Waals surface area contributed by atoms with Crippen LogP contribution >= 0.6 is 0 Å². The highest BCUT2D eigenvalue weighted by atomic mass is 16.5. The average Bonchev–Trinajstić information content (AvgIpc) is 3.05. The smallest absolute Gasteiger partial charge is 0.337 e. The van der Waals surface area contributed by atoms with Gasteiger partial charge in [-0.25, -0.2) is 9.59 Å². The van der Waals surface area contributed by atoms with E-state index in [1.807, 2.05) is 6.92 Å². The van der Waals surface area contributed by atoms with Gasteiger partial charge in [0, 0.05) is 25.2 Å². The minimum absolute atomic E-state index is 0.0397. The minimum atomic E-state index is -0.641. The number of carbonyl (C=O) groups excluding carboxylic acids is 4. The number of likely N-dealkylation sites (tertiary alicyclic amines) is 1. The number of methoxy groups -OCH3 is 2. The molecule has 2 rings (SSSR count). The Morgan fingerprint density at radius 3 is 2.22 bits per heavy atom. The number of anilines is 1. The average molecular weight is 376 g/mol. The van der Waals surface area contributed by atoms with Crippen LogP contribution in [-0.2, 0) is 19.1 Å². The SMILES string of the molecule is CCCCN1C[C@@H](C(=O)Nc2cc(C(=O)OC)cc(C(=O)OC)c2)CC1=O. The molecule has 2 amide bonds. The number of amides is 2. The van der Waals surface area contributed by atoms with Crippen LogP contribution in [-0.4, -0.2) is 56.0 Å². The predicted molar refractivity (Wildman–Crippen MR) is 97.3 cm³/mol. The summed E-state index contributed by atoms with van der Waals surface area (Å²) >= 11 is 0.